The second-order valence-electron chi connectivity index (χ2n) is 4.44. The molecule has 6 heteroatoms. The Morgan fingerprint density at radius 3 is 2.67 bits per heavy atom. The van der Waals surface area contributed by atoms with E-state index in [-0.39, 0.29) is 10.2 Å². The average molecular weight is 389 g/mol. The monoisotopic (exact) mass is 387 g/mol. The summed E-state index contributed by atoms with van der Waals surface area (Å²) in [5.74, 6) is -1.26. The first-order chi connectivity index (χ1) is 10.1. The van der Waals surface area contributed by atoms with E-state index in [4.69, 9.17) is 11.6 Å². The smallest absolute Gasteiger partial charge is 0.149 e. The zero-order valence-electron chi connectivity index (χ0n) is 10.6. The zero-order chi connectivity index (χ0) is 15.0. The van der Waals surface area contributed by atoms with Crippen molar-refractivity contribution in [3.8, 4) is 0 Å². The number of benzene rings is 2. The van der Waals surface area contributed by atoms with Gasteiger partial charge >= 0.3 is 0 Å². The molecular weight excluding hydrogens is 380 g/mol. The predicted molar refractivity (Wildman–Crippen MR) is 88.2 cm³/mol. The number of fused-ring (bicyclic) bond motifs is 1. The molecule has 0 unspecified atom stereocenters. The molecule has 3 aromatic rings. The average Bonchev–Trinajstić information content (AvgIpc) is 2.79. The van der Waals surface area contributed by atoms with Gasteiger partial charge in [-0.2, -0.15) is 0 Å². The Kier molecular flexibility index (Phi) is 4.15. The first-order valence-corrected chi connectivity index (χ1v) is 8.09. The Bertz CT molecular complexity index is 819. The molecule has 0 amide bonds. The third kappa shape index (κ3) is 2.91. The van der Waals surface area contributed by atoms with Crippen molar-refractivity contribution in [2.24, 2.45) is 0 Å². The van der Waals surface area contributed by atoms with Crippen LogP contribution in [-0.2, 0) is 6.54 Å². The van der Waals surface area contributed by atoms with Crippen molar-refractivity contribution in [1.29, 1.82) is 0 Å². The number of rotatable bonds is 3. The van der Waals surface area contributed by atoms with Gasteiger partial charge in [0, 0.05) is 21.0 Å². The van der Waals surface area contributed by atoms with Crippen molar-refractivity contribution < 1.29 is 8.78 Å². The fourth-order valence-corrected chi connectivity index (χ4v) is 3.79. The van der Waals surface area contributed by atoms with Crippen LogP contribution >= 0.6 is 38.9 Å². The van der Waals surface area contributed by atoms with Gasteiger partial charge in [-0.1, -0.05) is 29.8 Å². The van der Waals surface area contributed by atoms with Gasteiger partial charge in [0.15, 0.2) is 0 Å². The van der Waals surface area contributed by atoms with Crippen LogP contribution in [-0.4, -0.2) is 0 Å². The standard InChI is InChI=1S/C15H9BrClF2NS/c16-9-5-12(11(19)6-10(9)18)20-7-14-15(17)8-3-1-2-4-13(8)21-14/h1-6,20H,7H2. The summed E-state index contributed by atoms with van der Waals surface area (Å²) in [6.45, 7) is 0.382. The van der Waals surface area contributed by atoms with Crippen LogP contribution in [0.5, 0.6) is 0 Å². The second-order valence-corrected chi connectivity index (χ2v) is 6.80. The van der Waals surface area contributed by atoms with E-state index in [1.165, 1.54) is 6.07 Å². The maximum Gasteiger partial charge on any atom is 0.149 e. The fourth-order valence-electron chi connectivity index (χ4n) is 2.01. The van der Waals surface area contributed by atoms with Crippen LogP contribution in [0.25, 0.3) is 10.1 Å². The number of thiophene rings is 1. The van der Waals surface area contributed by atoms with E-state index < -0.39 is 11.6 Å². The zero-order valence-corrected chi connectivity index (χ0v) is 13.7. The topological polar surface area (TPSA) is 12.0 Å². The summed E-state index contributed by atoms with van der Waals surface area (Å²) in [5.41, 5.74) is 0.233. The summed E-state index contributed by atoms with van der Waals surface area (Å²) in [6.07, 6.45) is 0. The Hall–Kier alpha value is -1.17. The lowest BCUT2D eigenvalue weighted by molar-refractivity contribution is 0.580. The normalized spacial score (nSPS) is 11.0. The molecule has 1 aromatic heterocycles. The van der Waals surface area contributed by atoms with Gasteiger partial charge in [-0.3, -0.25) is 0 Å². The summed E-state index contributed by atoms with van der Waals surface area (Å²) in [6, 6.07) is 10.0. The molecule has 0 aliphatic heterocycles. The van der Waals surface area contributed by atoms with Crippen molar-refractivity contribution in [2.75, 3.05) is 5.32 Å². The summed E-state index contributed by atoms with van der Waals surface area (Å²) >= 11 is 10.9. The van der Waals surface area contributed by atoms with E-state index in [2.05, 4.69) is 21.2 Å². The van der Waals surface area contributed by atoms with Crippen molar-refractivity contribution in [1.82, 2.24) is 0 Å². The van der Waals surface area contributed by atoms with Crippen LogP contribution in [0, 0.1) is 11.6 Å². The van der Waals surface area contributed by atoms with Crippen LogP contribution in [0.2, 0.25) is 5.02 Å². The molecule has 1 heterocycles. The highest BCUT2D eigenvalue weighted by molar-refractivity contribution is 9.10. The minimum absolute atomic E-state index is 0.217. The Morgan fingerprint density at radius 1 is 1.14 bits per heavy atom. The highest BCUT2D eigenvalue weighted by Crippen LogP contribution is 2.35. The fraction of sp³-hybridized carbons (Fsp3) is 0.0667. The molecule has 0 fully saturated rings. The molecule has 3 rings (SSSR count). The largest absolute Gasteiger partial charge is 0.378 e. The molecule has 108 valence electrons. The second kappa shape index (κ2) is 5.91. The van der Waals surface area contributed by atoms with Gasteiger partial charge in [-0.25, -0.2) is 8.78 Å². The minimum atomic E-state index is -0.632. The number of nitrogens with one attached hydrogen (secondary N) is 1. The predicted octanol–water partition coefficient (Wildman–Crippen LogP) is 6.21. The molecule has 0 aliphatic rings. The van der Waals surface area contributed by atoms with Crippen LogP contribution in [0.3, 0.4) is 0 Å². The van der Waals surface area contributed by atoms with Gasteiger partial charge in [-0.05, 0) is 28.1 Å². The first-order valence-electron chi connectivity index (χ1n) is 6.10. The Morgan fingerprint density at radius 2 is 1.90 bits per heavy atom. The van der Waals surface area contributed by atoms with E-state index in [1.54, 1.807) is 11.3 Å². The quantitative estimate of drug-likeness (QED) is 0.526. The molecule has 0 radical (unpaired) electrons. The van der Waals surface area contributed by atoms with Gasteiger partial charge in [0.25, 0.3) is 0 Å². The van der Waals surface area contributed by atoms with Gasteiger partial charge in [0.2, 0.25) is 0 Å². The maximum absolute atomic E-state index is 13.7. The van der Waals surface area contributed by atoms with E-state index in [0.29, 0.717) is 11.6 Å². The number of anilines is 1. The molecule has 0 aliphatic carbocycles. The summed E-state index contributed by atoms with van der Waals surface area (Å²) in [4.78, 5) is 0.915. The van der Waals surface area contributed by atoms with Crippen molar-refractivity contribution >= 4 is 54.6 Å². The molecule has 2 aromatic carbocycles. The number of hydrogen-bond donors (Lipinski definition) is 1. The lowest BCUT2D eigenvalue weighted by atomic mass is 10.2. The maximum atomic E-state index is 13.7. The van der Waals surface area contributed by atoms with E-state index in [0.717, 1.165) is 21.0 Å². The minimum Gasteiger partial charge on any atom is -0.378 e. The first kappa shape index (κ1) is 14.8. The molecule has 1 N–H and O–H groups in total. The van der Waals surface area contributed by atoms with E-state index in [1.807, 2.05) is 24.3 Å². The summed E-state index contributed by atoms with van der Waals surface area (Å²) in [5, 5.41) is 4.61. The van der Waals surface area contributed by atoms with Gasteiger partial charge in [-0.15, -0.1) is 11.3 Å². The third-order valence-electron chi connectivity index (χ3n) is 3.05. The SMILES string of the molecule is Fc1cc(F)c(NCc2sc3ccccc3c2Cl)cc1Br. The highest BCUT2D eigenvalue weighted by atomic mass is 79.9. The Balaban J connectivity index is 1.87. The molecule has 1 nitrogen and oxygen atoms in total. The molecule has 0 bridgehead atoms. The number of halogens is 4. The highest BCUT2D eigenvalue weighted by Gasteiger charge is 2.12. The van der Waals surface area contributed by atoms with Crippen molar-refractivity contribution in [3.05, 3.63) is 62.4 Å². The number of hydrogen-bond acceptors (Lipinski definition) is 2. The van der Waals surface area contributed by atoms with E-state index >= 15 is 0 Å². The van der Waals surface area contributed by atoms with Crippen molar-refractivity contribution in [3.63, 3.8) is 0 Å². The molecule has 0 spiro atoms. The molecule has 0 saturated heterocycles. The van der Waals surface area contributed by atoms with Gasteiger partial charge < -0.3 is 5.32 Å². The van der Waals surface area contributed by atoms with Crippen LogP contribution in [0.1, 0.15) is 4.88 Å². The molecule has 0 saturated carbocycles. The molecule has 21 heavy (non-hydrogen) atoms. The molecular formula is C15H9BrClF2NS. The van der Waals surface area contributed by atoms with Gasteiger partial charge in [0.1, 0.15) is 11.6 Å². The van der Waals surface area contributed by atoms with Crippen LogP contribution in [0.15, 0.2) is 40.9 Å². The van der Waals surface area contributed by atoms with Crippen LogP contribution < -0.4 is 5.32 Å². The Labute approximate surface area is 137 Å². The van der Waals surface area contributed by atoms with Crippen LogP contribution in [0.4, 0.5) is 14.5 Å². The summed E-state index contributed by atoms with van der Waals surface area (Å²) in [7, 11) is 0. The summed E-state index contributed by atoms with van der Waals surface area (Å²) < 4.78 is 28.2. The lowest BCUT2D eigenvalue weighted by Gasteiger charge is -2.08. The third-order valence-corrected chi connectivity index (χ3v) is 5.37. The molecule has 0 atom stereocenters. The van der Waals surface area contributed by atoms with Gasteiger partial charge in [0.05, 0.1) is 21.7 Å². The lowest BCUT2D eigenvalue weighted by Crippen LogP contribution is -2.01. The van der Waals surface area contributed by atoms with E-state index in [9.17, 15) is 8.78 Å². The van der Waals surface area contributed by atoms with Crippen molar-refractivity contribution in [2.45, 2.75) is 6.54 Å².